The van der Waals surface area contributed by atoms with Crippen LogP contribution in [0.5, 0.6) is 0 Å². The molecule has 0 spiro atoms. The third-order valence-corrected chi connectivity index (χ3v) is 4.02. The van der Waals surface area contributed by atoms with Crippen LogP contribution in [0.15, 0.2) is 28.0 Å². The molecule has 9 heteroatoms. The summed E-state index contributed by atoms with van der Waals surface area (Å²) in [5.74, 6) is 1.12. The topological polar surface area (TPSA) is 94.1 Å². The number of thioether (sulfide) groups is 1. The first-order valence-corrected chi connectivity index (χ1v) is 7.47. The number of imide groups is 1. The number of hydrogen-bond acceptors (Lipinski definition) is 7. The Bertz CT molecular complexity index is 623. The van der Waals surface area contributed by atoms with Crippen molar-refractivity contribution in [3.8, 4) is 0 Å². The average molecular weight is 307 g/mol. The van der Waals surface area contributed by atoms with Crippen LogP contribution in [0.1, 0.15) is 18.6 Å². The Balaban J connectivity index is 1.55. The van der Waals surface area contributed by atoms with Crippen LogP contribution in [0.3, 0.4) is 0 Å². The van der Waals surface area contributed by atoms with Crippen molar-refractivity contribution < 1.29 is 14.0 Å². The summed E-state index contributed by atoms with van der Waals surface area (Å²) in [6.45, 7) is 0.833. The average Bonchev–Trinajstić information content (AvgIpc) is 3.18. The fourth-order valence-electron chi connectivity index (χ4n) is 2.05. The lowest BCUT2D eigenvalue weighted by Crippen LogP contribution is -2.31. The standard InChI is InChI=1S/C12H13N5O3S/c18-10-3-4-11(19)16(10)5-7-21-12-13-14-15-17(12)8-9-2-1-6-20-9/h1-2,6H,3-5,7-8H2. The molecule has 0 unspecified atom stereocenters. The number of hydrogen-bond donors (Lipinski definition) is 0. The molecule has 110 valence electrons. The Morgan fingerprint density at radius 2 is 2.10 bits per heavy atom. The van der Waals surface area contributed by atoms with E-state index >= 15 is 0 Å². The van der Waals surface area contributed by atoms with Gasteiger partial charge in [-0.05, 0) is 22.6 Å². The maximum absolute atomic E-state index is 11.5. The first-order valence-electron chi connectivity index (χ1n) is 6.48. The van der Waals surface area contributed by atoms with Gasteiger partial charge in [-0.3, -0.25) is 14.5 Å². The van der Waals surface area contributed by atoms with E-state index in [4.69, 9.17) is 4.42 Å². The highest BCUT2D eigenvalue weighted by atomic mass is 32.2. The molecule has 2 aromatic heterocycles. The predicted octanol–water partition coefficient (Wildman–Crippen LogP) is 0.555. The monoisotopic (exact) mass is 307 g/mol. The van der Waals surface area contributed by atoms with Crippen LogP contribution >= 0.6 is 11.8 Å². The number of aromatic nitrogens is 4. The molecule has 0 atom stereocenters. The number of likely N-dealkylation sites (tertiary alicyclic amines) is 1. The summed E-state index contributed by atoms with van der Waals surface area (Å²) >= 11 is 1.41. The molecule has 0 saturated carbocycles. The van der Waals surface area contributed by atoms with Crippen molar-refractivity contribution in [2.24, 2.45) is 0 Å². The zero-order valence-electron chi connectivity index (χ0n) is 11.1. The second kappa shape index (κ2) is 6.08. The maximum Gasteiger partial charge on any atom is 0.229 e. The molecule has 0 radical (unpaired) electrons. The zero-order valence-corrected chi connectivity index (χ0v) is 12.0. The van der Waals surface area contributed by atoms with E-state index in [1.54, 1.807) is 17.0 Å². The van der Waals surface area contributed by atoms with Crippen molar-refractivity contribution in [3.63, 3.8) is 0 Å². The van der Waals surface area contributed by atoms with E-state index in [-0.39, 0.29) is 11.8 Å². The number of carbonyl (C=O) groups is 2. The molecule has 0 bridgehead atoms. The van der Waals surface area contributed by atoms with Gasteiger partial charge in [0.05, 0.1) is 6.26 Å². The number of tetrazole rings is 1. The van der Waals surface area contributed by atoms with Gasteiger partial charge in [0, 0.05) is 25.1 Å². The van der Waals surface area contributed by atoms with Gasteiger partial charge in [-0.2, -0.15) is 0 Å². The summed E-state index contributed by atoms with van der Waals surface area (Å²) in [7, 11) is 0. The molecule has 8 nitrogen and oxygen atoms in total. The fraction of sp³-hybridized carbons (Fsp3) is 0.417. The van der Waals surface area contributed by atoms with Crippen molar-refractivity contribution in [3.05, 3.63) is 24.2 Å². The van der Waals surface area contributed by atoms with Gasteiger partial charge in [-0.15, -0.1) is 5.10 Å². The van der Waals surface area contributed by atoms with Crippen LogP contribution < -0.4 is 0 Å². The summed E-state index contributed by atoms with van der Waals surface area (Å²) < 4.78 is 6.87. The first-order chi connectivity index (χ1) is 10.2. The van der Waals surface area contributed by atoms with Crippen LogP contribution in [-0.2, 0) is 16.1 Å². The van der Waals surface area contributed by atoms with Crippen molar-refractivity contribution in [1.29, 1.82) is 0 Å². The molecule has 0 N–H and O–H groups in total. The molecule has 2 amide bonds. The Hall–Kier alpha value is -2.16. The second-order valence-electron chi connectivity index (χ2n) is 4.49. The van der Waals surface area contributed by atoms with E-state index in [9.17, 15) is 9.59 Å². The molecule has 0 aromatic carbocycles. The van der Waals surface area contributed by atoms with Gasteiger partial charge < -0.3 is 4.42 Å². The van der Waals surface area contributed by atoms with Gasteiger partial charge in [0.1, 0.15) is 12.3 Å². The highest BCUT2D eigenvalue weighted by molar-refractivity contribution is 7.99. The molecule has 1 aliphatic heterocycles. The van der Waals surface area contributed by atoms with Gasteiger partial charge in [0.15, 0.2) is 0 Å². The Morgan fingerprint density at radius 1 is 1.29 bits per heavy atom. The third kappa shape index (κ3) is 3.13. The summed E-state index contributed by atoms with van der Waals surface area (Å²) in [4.78, 5) is 24.3. The lowest BCUT2D eigenvalue weighted by atomic mass is 10.4. The van der Waals surface area contributed by atoms with Gasteiger partial charge >= 0.3 is 0 Å². The van der Waals surface area contributed by atoms with Gasteiger partial charge in [0.25, 0.3) is 0 Å². The lowest BCUT2D eigenvalue weighted by Gasteiger charge is -2.12. The largest absolute Gasteiger partial charge is 0.467 e. The quantitative estimate of drug-likeness (QED) is 0.568. The lowest BCUT2D eigenvalue weighted by molar-refractivity contribution is -0.137. The summed E-state index contributed by atoms with van der Waals surface area (Å²) in [5.41, 5.74) is 0. The van der Waals surface area contributed by atoms with Crippen molar-refractivity contribution in [1.82, 2.24) is 25.1 Å². The molecule has 1 saturated heterocycles. The molecular weight excluding hydrogens is 294 g/mol. The Labute approximate surface area is 124 Å². The molecular formula is C12H13N5O3S. The van der Waals surface area contributed by atoms with E-state index < -0.39 is 0 Å². The minimum atomic E-state index is -0.101. The minimum absolute atomic E-state index is 0.101. The Morgan fingerprint density at radius 3 is 2.81 bits per heavy atom. The van der Waals surface area contributed by atoms with Crippen LogP contribution in [0, 0.1) is 0 Å². The molecule has 1 fully saturated rings. The number of rotatable bonds is 6. The smallest absolute Gasteiger partial charge is 0.229 e. The van der Waals surface area contributed by atoms with Crippen LogP contribution in [0.25, 0.3) is 0 Å². The zero-order chi connectivity index (χ0) is 14.7. The van der Waals surface area contributed by atoms with E-state index in [0.29, 0.717) is 36.8 Å². The van der Waals surface area contributed by atoms with E-state index in [1.165, 1.54) is 16.7 Å². The van der Waals surface area contributed by atoms with E-state index in [2.05, 4.69) is 15.5 Å². The molecule has 21 heavy (non-hydrogen) atoms. The minimum Gasteiger partial charge on any atom is -0.467 e. The Kier molecular flexibility index (Phi) is 4.00. The summed E-state index contributed by atoms with van der Waals surface area (Å²) in [5, 5.41) is 12.1. The van der Waals surface area contributed by atoms with Crippen molar-refractivity contribution in [2.75, 3.05) is 12.3 Å². The summed E-state index contributed by atoms with van der Waals surface area (Å²) in [6, 6.07) is 3.65. The summed E-state index contributed by atoms with van der Waals surface area (Å²) in [6.07, 6.45) is 2.23. The van der Waals surface area contributed by atoms with Crippen LogP contribution in [-0.4, -0.2) is 49.2 Å². The molecule has 2 aromatic rings. The second-order valence-corrected chi connectivity index (χ2v) is 5.55. The van der Waals surface area contributed by atoms with Crippen molar-refractivity contribution >= 4 is 23.6 Å². The highest BCUT2D eigenvalue weighted by Crippen LogP contribution is 2.18. The molecule has 1 aliphatic rings. The van der Waals surface area contributed by atoms with E-state index in [0.717, 1.165) is 5.76 Å². The number of furan rings is 1. The highest BCUT2D eigenvalue weighted by Gasteiger charge is 2.28. The number of nitrogens with zero attached hydrogens (tertiary/aromatic N) is 5. The van der Waals surface area contributed by atoms with Crippen LogP contribution in [0.4, 0.5) is 0 Å². The van der Waals surface area contributed by atoms with Crippen molar-refractivity contribution in [2.45, 2.75) is 24.5 Å². The fourth-order valence-corrected chi connectivity index (χ4v) is 2.85. The van der Waals surface area contributed by atoms with Crippen LogP contribution in [0.2, 0.25) is 0 Å². The predicted molar refractivity (Wildman–Crippen MR) is 72.3 cm³/mol. The number of amides is 2. The normalized spacial score (nSPS) is 15.1. The SMILES string of the molecule is O=C1CCC(=O)N1CCSc1nnnn1Cc1ccco1. The van der Waals surface area contributed by atoms with Gasteiger partial charge in [-0.25, -0.2) is 4.68 Å². The number of carbonyl (C=O) groups excluding carboxylic acids is 2. The van der Waals surface area contributed by atoms with Gasteiger partial charge in [0.2, 0.25) is 17.0 Å². The third-order valence-electron chi connectivity index (χ3n) is 3.09. The molecule has 3 heterocycles. The van der Waals surface area contributed by atoms with E-state index in [1.807, 2.05) is 6.07 Å². The first kappa shape index (κ1) is 13.8. The molecule has 3 rings (SSSR count). The maximum atomic E-state index is 11.5. The molecule has 0 aliphatic carbocycles. The van der Waals surface area contributed by atoms with Gasteiger partial charge in [-0.1, -0.05) is 11.8 Å².